The lowest BCUT2D eigenvalue weighted by Crippen LogP contribution is -2.21. The molecular formula is C17H18FN. The molecule has 0 aliphatic rings. The Morgan fingerprint density at radius 2 is 1.74 bits per heavy atom. The van der Waals surface area contributed by atoms with Crippen LogP contribution in [0, 0.1) is 5.82 Å². The van der Waals surface area contributed by atoms with Gasteiger partial charge >= 0.3 is 0 Å². The first-order valence-electron chi connectivity index (χ1n) is 6.39. The Hall–Kier alpha value is -1.93. The summed E-state index contributed by atoms with van der Waals surface area (Å²) in [5.41, 5.74) is 2.79. The van der Waals surface area contributed by atoms with Crippen molar-refractivity contribution in [2.24, 2.45) is 0 Å². The van der Waals surface area contributed by atoms with Crippen LogP contribution in [0.25, 0.3) is 5.57 Å². The largest absolute Gasteiger partial charge is 0.306 e. The fourth-order valence-corrected chi connectivity index (χ4v) is 1.99. The van der Waals surface area contributed by atoms with Crippen LogP contribution in [0.1, 0.15) is 24.1 Å². The van der Waals surface area contributed by atoms with Crippen LogP contribution < -0.4 is 5.32 Å². The van der Waals surface area contributed by atoms with Gasteiger partial charge in [-0.25, -0.2) is 4.39 Å². The van der Waals surface area contributed by atoms with E-state index in [0.717, 1.165) is 11.1 Å². The molecule has 0 aliphatic heterocycles. The molecule has 1 nitrogen and oxygen atoms in total. The smallest absolute Gasteiger partial charge is 0.127 e. The van der Waals surface area contributed by atoms with Crippen molar-refractivity contribution >= 4 is 5.57 Å². The van der Waals surface area contributed by atoms with Gasteiger partial charge in [-0.15, -0.1) is 0 Å². The Labute approximate surface area is 113 Å². The maximum absolute atomic E-state index is 13.6. The highest BCUT2D eigenvalue weighted by molar-refractivity contribution is 5.64. The second-order valence-corrected chi connectivity index (χ2v) is 4.59. The second-order valence-electron chi connectivity index (χ2n) is 4.59. The molecule has 0 fully saturated rings. The lowest BCUT2D eigenvalue weighted by atomic mass is 10.1. The first kappa shape index (κ1) is 13.5. The number of nitrogens with one attached hydrogen (secondary N) is 1. The Balaban J connectivity index is 1.96. The van der Waals surface area contributed by atoms with Gasteiger partial charge in [0, 0.05) is 18.2 Å². The van der Waals surface area contributed by atoms with Crippen molar-refractivity contribution in [3.05, 3.63) is 78.1 Å². The molecule has 0 heterocycles. The molecule has 0 aromatic heterocycles. The molecule has 98 valence electrons. The van der Waals surface area contributed by atoms with Gasteiger partial charge in [0.1, 0.15) is 5.82 Å². The molecule has 0 saturated carbocycles. The molecule has 0 radical (unpaired) electrons. The van der Waals surface area contributed by atoms with Crippen LogP contribution in [-0.2, 0) is 0 Å². The number of hydrogen-bond donors (Lipinski definition) is 1. The quantitative estimate of drug-likeness (QED) is 0.844. The Bertz CT molecular complexity index is 548. The van der Waals surface area contributed by atoms with E-state index in [1.54, 1.807) is 12.1 Å². The molecule has 0 saturated heterocycles. The van der Waals surface area contributed by atoms with Crippen LogP contribution in [-0.4, -0.2) is 6.54 Å². The summed E-state index contributed by atoms with van der Waals surface area (Å²) in [7, 11) is 0. The normalized spacial score (nSPS) is 12.1. The zero-order valence-electron chi connectivity index (χ0n) is 11.1. The Morgan fingerprint density at radius 1 is 1.11 bits per heavy atom. The third-order valence-electron chi connectivity index (χ3n) is 3.18. The molecular weight excluding hydrogens is 237 g/mol. The highest BCUT2D eigenvalue weighted by Crippen LogP contribution is 2.17. The van der Waals surface area contributed by atoms with Crippen LogP contribution >= 0.6 is 0 Å². The minimum Gasteiger partial charge on any atom is -0.306 e. The molecule has 0 aliphatic carbocycles. The number of rotatable bonds is 5. The lowest BCUT2D eigenvalue weighted by molar-refractivity contribution is 0.551. The SMILES string of the molecule is C=C(CNC(C)c1ccccc1F)c1ccccc1. The highest BCUT2D eigenvalue weighted by atomic mass is 19.1. The van der Waals surface area contributed by atoms with Gasteiger partial charge in [-0.3, -0.25) is 0 Å². The van der Waals surface area contributed by atoms with E-state index >= 15 is 0 Å². The molecule has 1 atom stereocenters. The zero-order chi connectivity index (χ0) is 13.7. The molecule has 1 N–H and O–H groups in total. The molecule has 2 aromatic rings. The van der Waals surface area contributed by atoms with Gasteiger partial charge in [-0.05, 0) is 24.1 Å². The molecule has 2 rings (SSSR count). The van der Waals surface area contributed by atoms with Gasteiger partial charge in [0.25, 0.3) is 0 Å². The van der Waals surface area contributed by atoms with Crippen LogP contribution in [0.5, 0.6) is 0 Å². The molecule has 0 bridgehead atoms. The zero-order valence-corrected chi connectivity index (χ0v) is 11.1. The van der Waals surface area contributed by atoms with Crippen molar-refractivity contribution in [2.45, 2.75) is 13.0 Å². The van der Waals surface area contributed by atoms with Crippen molar-refractivity contribution in [3.8, 4) is 0 Å². The maximum Gasteiger partial charge on any atom is 0.127 e. The van der Waals surface area contributed by atoms with E-state index in [4.69, 9.17) is 0 Å². The average molecular weight is 255 g/mol. The molecule has 19 heavy (non-hydrogen) atoms. The summed E-state index contributed by atoms with van der Waals surface area (Å²) >= 11 is 0. The highest BCUT2D eigenvalue weighted by Gasteiger charge is 2.09. The predicted molar refractivity (Wildman–Crippen MR) is 78.3 cm³/mol. The van der Waals surface area contributed by atoms with Crippen molar-refractivity contribution < 1.29 is 4.39 Å². The second kappa shape index (κ2) is 6.30. The molecule has 2 heteroatoms. The molecule has 1 unspecified atom stereocenters. The summed E-state index contributed by atoms with van der Waals surface area (Å²) in [6.07, 6.45) is 0. The minimum atomic E-state index is -0.173. The Morgan fingerprint density at radius 3 is 2.42 bits per heavy atom. The number of hydrogen-bond acceptors (Lipinski definition) is 1. The summed E-state index contributed by atoms with van der Waals surface area (Å²) in [6, 6.07) is 16.8. The summed E-state index contributed by atoms with van der Waals surface area (Å²) in [5, 5.41) is 3.30. The lowest BCUT2D eigenvalue weighted by Gasteiger charge is -2.16. The number of benzene rings is 2. The van der Waals surface area contributed by atoms with E-state index in [0.29, 0.717) is 12.1 Å². The monoisotopic (exact) mass is 255 g/mol. The first-order valence-corrected chi connectivity index (χ1v) is 6.39. The summed E-state index contributed by atoms with van der Waals surface area (Å²) < 4.78 is 13.6. The average Bonchev–Trinajstić information content (AvgIpc) is 2.46. The van der Waals surface area contributed by atoms with Gasteiger partial charge in [0.05, 0.1) is 0 Å². The predicted octanol–water partition coefficient (Wildman–Crippen LogP) is 4.19. The summed E-state index contributed by atoms with van der Waals surface area (Å²) in [6.45, 7) is 6.65. The topological polar surface area (TPSA) is 12.0 Å². The number of halogens is 1. The molecule has 2 aromatic carbocycles. The fraction of sp³-hybridized carbons (Fsp3) is 0.176. The van der Waals surface area contributed by atoms with Crippen LogP contribution in [0.2, 0.25) is 0 Å². The van der Waals surface area contributed by atoms with Gasteiger partial charge in [0.15, 0.2) is 0 Å². The Kier molecular flexibility index (Phi) is 4.48. The van der Waals surface area contributed by atoms with E-state index in [2.05, 4.69) is 11.9 Å². The van der Waals surface area contributed by atoms with Gasteiger partial charge in [0.2, 0.25) is 0 Å². The van der Waals surface area contributed by atoms with Crippen molar-refractivity contribution in [2.75, 3.05) is 6.54 Å². The van der Waals surface area contributed by atoms with Crippen LogP contribution in [0.15, 0.2) is 61.2 Å². The van der Waals surface area contributed by atoms with Gasteiger partial charge in [-0.2, -0.15) is 0 Å². The van der Waals surface area contributed by atoms with Gasteiger partial charge < -0.3 is 5.32 Å². The molecule has 0 amide bonds. The summed E-state index contributed by atoms with van der Waals surface area (Å²) in [4.78, 5) is 0. The third kappa shape index (κ3) is 3.52. The van der Waals surface area contributed by atoms with E-state index in [1.807, 2.05) is 43.3 Å². The van der Waals surface area contributed by atoms with E-state index in [-0.39, 0.29) is 11.9 Å². The first-order chi connectivity index (χ1) is 9.18. The van der Waals surface area contributed by atoms with Crippen LogP contribution in [0.3, 0.4) is 0 Å². The standard InChI is InChI=1S/C17H18FN/c1-13(15-8-4-3-5-9-15)12-19-14(2)16-10-6-7-11-17(16)18/h3-11,14,19H,1,12H2,2H3. The summed E-state index contributed by atoms with van der Waals surface area (Å²) in [5.74, 6) is -0.173. The molecule has 0 spiro atoms. The maximum atomic E-state index is 13.6. The van der Waals surface area contributed by atoms with Crippen molar-refractivity contribution in [1.82, 2.24) is 5.32 Å². The fourth-order valence-electron chi connectivity index (χ4n) is 1.99. The van der Waals surface area contributed by atoms with Crippen molar-refractivity contribution in [1.29, 1.82) is 0 Å². The van der Waals surface area contributed by atoms with Gasteiger partial charge in [-0.1, -0.05) is 55.1 Å². The minimum absolute atomic E-state index is 0.0401. The van der Waals surface area contributed by atoms with Crippen molar-refractivity contribution in [3.63, 3.8) is 0 Å². The third-order valence-corrected chi connectivity index (χ3v) is 3.18. The van der Waals surface area contributed by atoms with E-state index in [9.17, 15) is 4.39 Å². The van der Waals surface area contributed by atoms with E-state index < -0.39 is 0 Å². The van der Waals surface area contributed by atoms with E-state index in [1.165, 1.54) is 6.07 Å². The van der Waals surface area contributed by atoms with Crippen LogP contribution in [0.4, 0.5) is 4.39 Å².